The molecule has 0 amide bonds. The zero-order valence-corrected chi connectivity index (χ0v) is 12.3. The maximum absolute atomic E-state index is 12.3. The summed E-state index contributed by atoms with van der Waals surface area (Å²) in [7, 11) is 1.56. The second-order valence-corrected chi connectivity index (χ2v) is 5.06. The van der Waals surface area contributed by atoms with Crippen LogP contribution < -0.4 is 10.2 Å². The molecule has 4 heteroatoms. The molecule has 4 nitrogen and oxygen atoms in total. The van der Waals surface area contributed by atoms with E-state index in [2.05, 4.69) is 4.98 Å². The molecule has 0 unspecified atom stereocenters. The zero-order chi connectivity index (χ0) is 15.7. The van der Waals surface area contributed by atoms with Crippen molar-refractivity contribution in [1.29, 1.82) is 0 Å². The normalized spacial score (nSPS) is 10.6. The molecule has 0 aliphatic rings. The molecule has 0 bridgehead atoms. The molecule has 0 aliphatic heterocycles. The number of H-pyrrole nitrogens is 1. The van der Waals surface area contributed by atoms with E-state index in [9.17, 15) is 9.59 Å². The highest BCUT2D eigenvalue weighted by atomic mass is 16.5. The Hall–Kier alpha value is -2.88. The summed E-state index contributed by atoms with van der Waals surface area (Å²) < 4.78 is 5.35. The molecule has 3 aromatic rings. The van der Waals surface area contributed by atoms with Crippen molar-refractivity contribution >= 4 is 16.7 Å². The average molecular weight is 293 g/mol. The van der Waals surface area contributed by atoms with Gasteiger partial charge in [-0.15, -0.1) is 0 Å². The van der Waals surface area contributed by atoms with Gasteiger partial charge < -0.3 is 9.72 Å². The number of aromatic nitrogens is 1. The number of nitrogens with one attached hydrogen (secondary N) is 1. The van der Waals surface area contributed by atoms with Crippen LogP contribution in [0.15, 0.2) is 53.3 Å². The fourth-order valence-corrected chi connectivity index (χ4v) is 2.48. The van der Waals surface area contributed by atoms with Crippen molar-refractivity contribution in [3.63, 3.8) is 0 Å². The Kier molecular flexibility index (Phi) is 3.51. The lowest BCUT2D eigenvalue weighted by Crippen LogP contribution is -2.04. The second kappa shape index (κ2) is 5.48. The van der Waals surface area contributed by atoms with Crippen LogP contribution in [0.3, 0.4) is 0 Å². The SMILES string of the molecule is COc1ccc(C(C)=O)cc1-c1cc(=O)c2ccccc2[nH]1. The Morgan fingerprint density at radius 1 is 1.09 bits per heavy atom. The number of fused-ring (bicyclic) bond motifs is 1. The molecule has 0 saturated carbocycles. The molecule has 0 spiro atoms. The Morgan fingerprint density at radius 2 is 1.86 bits per heavy atom. The fourth-order valence-electron chi connectivity index (χ4n) is 2.48. The van der Waals surface area contributed by atoms with Gasteiger partial charge in [0.15, 0.2) is 11.2 Å². The van der Waals surface area contributed by atoms with Gasteiger partial charge in [-0.1, -0.05) is 12.1 Å². The Labute approximate surface area is 127 Å². The number of hydrogen-bond donors (Lipinski definition) is 1. The van der Waals surface area contributed by atoms with Crippen molar-refractivity contribution in [3.8, 4) is 17.0 Å². The van der Waals surface area contributed by atoms with Crippen LogP contribution in [0.25, 0.3) is 22.2 Å². The van der Waals surface area contributed by atoms with Crippen molar-refractivity contribution in [2.24, 2.45) is 0 Å². The summed E-state index contributed by atoms with van der Waals surface area (Å²) in [6.07, 6.45) is 0. The summed E-state index contributed by atoms with van der Waals surface area (Å²) >= 11 is 0. The Bertz CT molecular complexity index is 925. The third kappa shape index (κ3) is 2.39. The smallest absolute Gasteiger partial charge is 0.190 e. The number of hydrogen-bond acceptors (Lipinski definition) is 3. The molecule has 0 fully saturated rings. The van der Waals surface area contributed by atoms with Crippen LogP contribution in [0.5, 0.6) is 5.75 Å². The van der Waals surface area contributed by atoms with Crippen molar-refractivity contribution in [2.45, 2.75) is 6.92 Å². The van der Waals surface area contributed by atoms with E-state index >= 15 is 0 Å². The Balaban J connectivity index is 2.28. The molecule has 110 valence electrons. The quantitative estimate of drug-likeness (QED) is 0.753. The molecule has 0 radical (unpaired) electrons. The second-order valence-electron chi connectivity index (χ2n) is 5.06. The molecule has 1 aromatic heterocycles. The van der Waals surface area contributed by atoms with Crippen molar-refractivity contribution in [3.05, 3.63) is 64.3 Å². The predicted octanol–water partition coefficient (Wildman–Crippen LogP) is 3.41. The number of para-hydroxylation sites is 1. The minimum atomic E-state index is -0.0698. The molecule has 0 saturated heterocycles. The minimum Gasteiger partial charge on any atom is -0.496 e. The van der Waals surface area contributed by atoms with E-state index < -0.39 is 0 Å². The number of benzene rings is 2. The van der Waals surface area contributed by atoms with Crippen LogP contribution in [0.2, 0.25) is 0 Å². The van der Waals surface area contributed by atoms with E-state index in [0.29, 0.717) is 28.0 Å². The van der Waals surface area contributed by atoms with Crippen LogP contribution in [0.1, 0.15) is 17.3 Å². The highest BCUT2D eigenvalue weighted by Gasteiger charge is 2.11. The number of carbonyl (C=O) groups excluding carboxylic acids is 1. The van der Waals surface area contributed by atoms with E-state index in [1.165, 1.54) is 13.0 Å². The third-order valence-electron chi connectivity index (χ3n) is 3.63. The number of Topliss-reactive ketones (excluding diaryl/α,β-unsaturated/α-hetero) is 1. The number of pyridine rings is 1. The average Bonchev–Trinajstić information content (AvgIpc) is 2.54. The lowest BCUT2D eigenvalue weighted by Gasteiger charge is -2.11. The van der Waals surface area contributed by atoms with Gasteiger partial charge in [-0.25, -0.2) is 0 Å². The monoisotopic (exact) mass is 293 g/mol. The molecule has 2 aromatic carbocycles. The van der Waals surface area contributed by atoms with E-state index in [4.69, 9.17) is 4.74 Å². The molecule has 3 rings (SSSR count). The summed E-state index contributed by atoms with van der Waals surface area (Å²) in [5, 5.41) is 0.632. The maximum atomic E-state index is 12.3. The number of ketones is 1. The van der Waals surface area contributed by atoms with E-state index in [1.54, 1.807) is 31.4 Å². The van der Waals surface area contributed by atoms with Crippen molar-refractivity contribution in [1.82, 2.24) is 4.98 Å². The van der Waals surface area contributed by atoms with Crippen LogP contribution in [-0.2, 0) is 0 Å². The Morgan fingerprint density at radius 3 is 2.59 bits per heavy atom. The van der Waals surface area contributed by atoms with E-state index in [-0.39, 0.29) is 11.2 Å². The maximum Gasteiger partial charge on any atom is 0.190 e. The number of rotatable bonds is 3. The first kappa shape index (κ1) is 14.1. The van der Waals surface area contributed by atoms with Gasteiger partial charge in [-0.2, -0.15) is 0 Å². The van der Waals surface area contributed by atoms with Gasteiger partial charge in [0.2, 0.25) is 0 Å². The van der Waals surface area contributed by atoms with Crippen molar-refractivity contribution in [2.75, 3.05) is 7.11 Å². The van der Waals surface area contributed by atoms with Crippen LogP contribution >= 0.6 is 0 Å². The molecular formula is C18H15NO3. The summed E-state index contributed by atoms with van der Waals surface area (Å²) in [6.45, 7) is 1.51. The highest BCUT2D eigenvalue weighted by molar-refractivity contribution is 5.96. The molecule has 0 aliphatic carbocycles. The number of methoxy groups -OCH3 is 1. The van der Waals surface area contributed by atoms with Crippen molar-refractivity contribution < 1.29 is 9.53 Å². The largest absolute Gasteiger partial charge is 0.496 e. The highest BCUT2D eigenvalue weighted by Crippen LogP contribution is 2.30. The topological polar surface area (TPSA) is 59.2 Å². The molecular weight excluding hydrogens is 278 g/mol. The minimum absolute atomic E-state index is 0.0351. The van der Waals surface area contributed by atoms with E-state index in [1.807, 2.05) is 18.2 Å². The lowest BCUT2D eigenvalue weighted by atomic mass is 10.0. The van der Waals surface area contributed by atoms with Gasteiger partial charge in [0, 0.05) is 28.1 Å². The van der Waals surface area contributed by atoms with Gasteiger partial charge in [0.1, 0.15) is 5.75 Å². The number of ether oxygens (including phenoxy) is 1. The summed E-state index contributed by atoms with van der Waals surface area (Å²) in [6, 6.07) is 14.0. The summed E-state index contributed by atoms with van der Waals surface area (Å²) in [5.74, 6) is 0.572. The summed E-state index contributed by atoms with van der Waals surface area (Å²) in [4.78, 5) is 27.1. The van der Waals surface area contributed by atoms with Gasteiger partial charge in [0.25, 0.3) is 0 Å². The molecule has 22 heavy (non-hydrogen) atoms. The predicted molar refractivity (Wildman–Crippen MR) is 86.6 cm³/mol. The first-order valence-electron chi connectivity index (χ1n) is 6.91. The first-order chi connectivity index (χ1) is 10.6. The molecule has 1 N–H and O–H groups in total. The van der Waals surface area contributed by atoms with Crippen LogP contribution in [-0.4, -0.2) is 17.9 Å². The number of carbonyl (C=O) groups is 1. The molecule has 0 atom stereocenters. The van der Waals surface area contributed by atoms with Gasteiger partial charge in [-0.3, -0.25) is 9.59 Å². The van der Waals surface area contributed by atoms with Gasteiger partial charge >= 0.3 is 0 Å². The zero-order valence-electron chi connectivity index (χ0n) is 12.3. The van der Waals surface area contributed by atoms with Gasteiger partial charge in [-0.05, 0) is 37.3 Å². The number of aromatic amines is 1. The first-order valence-corrected chi connectivity index (χ1v) is 6.91. The van der Waals surface area contributed by atoms with Crippen LogP contribution in [0.4, 0.5) is 0 Å². The van der Waals surface area contributed by atoms with Crippen LogP contribution in [0, 0.1) is 0 Å². The van der Waals surface area contributed by atoms with E-state index in [0.717, 1.165) is 5.52 Å². The summed E-state index contributed by atoms with van der Waals surface area (Å²) in [5.41, 5.74) is 2.58. The third-order valence-corrected chi connectivity index (χ3v) is 3.63. The van der Waals surface area contributed by atoms with Gasteiger partial charge in [0.05, 0.1) is 12.8 Å². The fraction of sp³-hybridized carbons (Fsp3) is 0.111. The standard InChI is InChI=1S/C18H15NO3/c1-11(20)12-7-8-18(22-2)14(9-12)16-10-17(21)13-5-3-4-6-15(13)19-16/h3-10H,1-2H3,(H,19,21). The molecule has 1 heterocycles. The lowest BCUT2D eigenvalue weighted by molar-refractivity contribution is 0.101.